The molecule has 1 aromatic rings. The highest BCUT2D eigenvalue weighted by Crippen LogP contribution is 2.30. The number of phenols is 1. The lowest BCUT2D eigenvalue weighted by atomic mass is 10.1. The lowest BCUT2D eigenvalue weighted by Crippen LogP contribution is -2.22. The first kappa shape index (κ1) is 10.8. The molecule has 0 saturated heterocycles. The summed E-state index contributed by atoms with van der Waals surface area (Å²) in [6.45, 7) is 0. The minimum absolute atomic E-state index is 0.154. The molecule has 5 heteroatoms. The molecule has 1 aromatic carbocycles. The molecule has 0 radical (unpaired) electrons. The molecule has 0 unspecified atom stereocenters. The Labute approximate surface area is 86.2 Å². The van der Waals surface area contributed by atoms with E-state index in [0.29, 0.717) is 0 Å². The second-order valence-corrected chi connectivity index (χ2v) is 3.09. The zero-order chi connectivity index (χ0) is 10.7. The third-order valence-corrected chi connectivity index (χ3v) is 2.11. The first-order chi connectivity index (χ1) is 6.57. The van der Waals surface area contributed by atoms with Crippen LogP contribution in [0, 0.1) is 0 Å². The van der Waals surface area contributed by atoms with Crippen LogP contribution in [0.2, 0.25) is 5.02 Å². The number of carbonyl (C=O) groups is 1. The van der Waals surface area contributed by atoms with E-state index in [4.69, 9.17) is 17.3 Å². The van der Waals surface area contributed by atoms with Crippen LogP contribution in [0.5, 0.6) is 5.75 Å². The lowest BCUT2D eigenvalue weighted by molar-refractivity contribution is -0.142. The molecule has 0 fully saturated rings. The van der Waals surface area contributed by atoms with Crippen LogP contribution in [0.4, 0.5) is 0 Å². The van der Waals surface area contributed by atoms with Gasteiger partial charge in [-0.2, -0.15) is 0 Å². The maximum Gasteiger partial charge on any atom is 0.327 e. The molecular weight excluding hydrogens is 206 g/mol. The van der Waals surface area contributed by atoms with E-state index in [1.807, 2.05) is 0 Å². The van der Waals surface area contributed by atoms with Gasteiger partial charge < -0.3 is 15.6 Å². The number of hydrogen-bond acceptors (Lipinski definition) is 4. The van der Waals surface area contributed by atoms with Gasteiger partial charge in [-0.25, -0.2) is 0 Å². The van der Waals surface area contributed by atoms with E-state index in [0.717, 1.165) is 0 Å². The van der Waals surface area contributed by atoms with Gasteiger partial charge in [0.15, 0.2) is 0 Å². The minimum atomic E-state index is -1.02. The molecule has 76 valence electrons. The Morgan fingerprint density at radius 3 is 2.86 bits per heavy atom. The summed E-state index contributed by atoms with van der Waals surface area (Å²) in [5.41, 5.74) is 5.78. The van der Waals surface area contributed by atoms with Gasteiger partial charge >= 0.3 is 5.97 Å². The van der Waals surface area contributed by atoms with Crippen molar-refractivity contribution in [3.8, 4) is 5.75 Å². The molecule has 0 bridgehead atoms. The van der Waals surface area contributed by atoms with Crippen LogP contribution < -0.4 is 5.73 Å². The van der Waals surface area contributed by atoms with Crippen molar-refractivity contribution < 1.29 is 14.6 Å². The summed E-state index contributed by atoms with van der Waals surface area (Å²) >= 11 is 5.65. The SMILES string of the molecule is COC(=O)[C@@H](N)c1cccc(Cl)c1O. The maximum atomic E-state index is 11.1. The van der Waals surface area contributed by atoms with E-state index in [2.05, 4.69) is 4.74 Å². The number of para-hydroxylation sites is 1. The molecular formula is C9H10ClNO3. The summed E-state index contributed by atoms with van der Waals surface area (Å²) in [7, 11) is 1.23. The highest BCUT2D eigenvalue weighted by Gasteiger charge is 2.20. The highest BCUT2D eigenvalue weighted by molar-refractivity contribution is 6.32. The van der Waals surface area contributed by atoms with Crippen LogP contribution in [0.25, 0.3) is 0 Å². The Hall–Kier alpha value is -1.26. The maximum absolute atomic E-state index is 11.1. The van der Waals surface area contributed by atoms with Gasteiger partial charge in [0.1, 0.15) is 11.8 Å². The fraction of sp³-hybridized carbons (Fsp3) is 0.222. The molecule has 0 aliphatic carbocycles. The molecule has 1 rings (SSSR count). The van der Waals surface area contributed by atoms with Crippen molar-refractivity contribution in [1.29, 1.82) is 0 Å². The number of hydrogen-bond donors (Lipinski definition) is 2. The number of rotatable bonds is 2. The van der Waals surface area contributed by atoms with Gasteiger partial charge in [-0.15, -0.1) is 0 Å². The highest BCUT2D eigenvalue weighted by atomic mass is 35.5. The summed E-state index contributed by atoms with van der Waals surface area (Å²) in [5.74, 6) is -0.811. The Morgan fingerprint density at radius 1 is 1.64 bits per heavy atom. The molecule has 1 atom stereocenters. The van der Waals surface area contributed by atoms with Gasteiger partial charge in [0, 0.05) is 5.56 Å². The van der Waals surface area contributed by atoms with Crippen molar-refractivity contribution >= 4 is 17.6 Å². The zero-order valence-corrected chi connectivity index (χ0v) is 8.28. The Morgan fingerprint density at radius 2 is 2.29 bits per heavy atom. The fourth-order valence-electron chi connectivity index (χ4n) is 1.04. The van der Waals surface area contributed by atoms with Crippen LogP contribution in [0.15, 0.2) is 18.2 Å². The van der Waals surface area contributed by atoms with Gasteiger partial charge in [-0.1, -0.05) is 23.7 Å². The lowest BCUT2D eigenvalue weighted by Gasteiger charge is -2.11. The molecule has 3 N–H and O–H groups in total. The number of halogens is 1. The molecule has 0 saturated carbocycles. The van der Waals surface area contributed by atoms with Crippen molar-refractivity contribution in [1.82, 2.24) is 0 Å². The smallest absolute Gasteiger partial charge is 0.327 e. The van der Waals surface area contributed by atoms with Crippen LogP contribution in [-0.2, 0) is 9.53 Å². The Kier molecular flexibility index (Phi) is 3.33. The van der Waals surface area contributed by atoms with E-state index >= 15 is 0 Å². The van der Waals surface area contributed by atoms with Gasteiger partial charge in [0.2, 0.25) is 0 Å². The number of ether oxygens (including phenoxy) is 1. The normalized spacial score (nSPS) is 12.2. The molecule has 0 aliphatic heterocycles. The van der Waals surface area contributed by atoms with Crippen molar-refractivity contribution in [2.75, 3.05) is 7.11 Å². The van der Waals surface area contributed by atoms with E-state index in [1.54, 1.807) is 6.07 Å². The molecule has 0 spiro atoms. The third-order valence-electron chi connectivity index (χ3n) is 1.81. The fourth-order valence-corrected chi connectivity index (χ4v) is 1.22. The number of nitrogens with two attached hydrogens (primary N) is 1. The third kappa shape index (κ3) is 1.97. The topological polar surface area (TPSA) is 72.5 Å². The predicted molar refractivity (Wildman–Crippen MR) is 52.1 cm³/mol. The van der Waals surface area contributed by atoms with E-state index in [1.165, 1.54) is 19.2 Å². The van der Waals surface area contributed by atoms with Crippen LogP contribution in [-0.4, -0.2) is 18.2 Å². The zero-order valence-electron chi connectivity index (χ0n) is 7.53. The number of benzene rings is 1. The molecule has 0 aromatic heterocycles. The average Bonchev–Trinajstić information content (AvgIpc) is 2.20. The standard InChI is InChI=1S/C9H10ClNO3/c1-14-9(13)7(11)5-3-2-4-6(10)8(5)12/h2-4,7,12H,11H2,1H3/t7-/m0/s1. The predicted octanol–water partition coefficient (Wildman–Crippen LogP) is 1.22. The summed E-state index contributed by atoms with van der Waals surface area (Å²) < 4.78 is 4.44. The second kappa shape index (κ2) is 4.30. The number of esters is 1. The summed E-state index contributed by atoms with van der Waals surface area (Å²) in [5, 5.41) is 9.65. The second-order valence-electron chi connectivity index (χ2n) is 2.68. The van der Waals surface area contributed by atoms with Gasteiger partial charge in [0.25, 0.3) is 0 Å². The van der Waals surface area contributed by atoms with Gasteiger partial charge in [0.05, 0.1) is 12.1 Å². The quantitative estimate of drug-likeness (QED) is 0.728. The number of carbonyl (C=O) groups excluding carboxylic acids is 1. The molecule has 0 amide bonds. The van der Waals surface area contributed by atoms with Crippen LogP contribution in [0.1, 0.15) is 11.6 Å². The number of methoxy groups -OCH3 is 1. The van der Waals surface area contributed by atoms with Crippen molar-refractivity contribution in [3.05, 3.63) is 28.8 Å². The molecule has 4 nitrogen and oxygen atoms in total. The Bertz CT molecular complexity index is 354. The first-order valence-corrected chi connectivity index (χ1v) is 4.26. The van der Waals surface area contributed by atoms with E-state index in [-0.39, 0.29) is 16.3 Å². The number of aromatic hydroxyl groups is 1. The van der Waals surface area contributed by atoms with Crippen molar-refractivity contribution in [3.63, 3.8) is 0 Å². The van der Waals surface area contributed by atoms with Crippen molar-refractivity contribution in [2.45, 2.75) is 6.04 Å². The van der Waals surface area contributed by atoms with Gasteiger partial charge in [-0.3, -0.25) is 4.79 Å². The monoisotopic (exact) mass is 215 g/mol. The largest absolute Gasteiger partial charge is 0.506 e. The van der Waals surface area contributed by atoms with Crippen LogP contribution >= 0.6 is 11.6 Å². The van der Waals surface area contributed by atoms with E-state index < -0.39 is 12.0 Å². The summed E-state index contributed by atoms with van der Waals surface area (Å²) in [4.78, 5) is 11.1. The minimum Gasteiger partial charge on any atom is -0.506 e. The Balaban J connectivity index is 3.07. The average molecular weight is 216 g/mol. The van der Waals surface area contributed by atoms with E-state index in [9.17, 15) is 9.90 Å². The first-order valence-electron chi connectivity index (χ1n) is 3.88. The molecule has 14 heavy (non-hydrogen) atoms. The summed E-state index contributed by atoms with van der Waals surface area (Å²) in [6.07, 6.45) is 0. The summed E-state index contributed by atoms with van der Waals surface area (Å²) in [6, 6.07) is 3.60. The van der Waals surface area contributed by atoms with Crippen LogP contribution in [0.3, 0.4) is 0 Å². The molecule has 0 aliphatic rings. The van der Waals surface area contributed by atoms with Gasteiger partial charge in [-0.05, 0) is 6.07 Å². The molecule has 0 heterocycles. The number of phenolic OH excluding ortho intramolecular Hbond substituents is 1. The van der Waals surface area contributed by atoms with Crippen molar-refractivity contribution in [2.24, 2.45) is 5.73 Å².